The molecule has 17 heavy (non-hydrogen) atoms. The Morgan fingerprint density at radius 3 is 2.88 bits per heavy atom. The maximum absolute atomic E-state index is 10.5. The number of ether oxygens (including phenoxy) is 2. The average Bonchev–Trinajstić information content (AvgIpc) is 3.07. The van der Waals surface area contributed by atoms with E-state index in [2.05, 4.69) is 0 Å². The third-order valence-electron chi connectivity index (χ3n) is 2.41. The van der Waals surface area contributed by atoms with Crippen molar-refractivity contribution >= 4 is 10.1 Å². The van der Waals surface area contributed by atoms with E-state index in [4.69, 9.17) is 14.0 Å². The molecule has 2 rings (SSSR count). The molecule has 1 aromatic carbocycles. The van der Waals surface area contributed by atoms with E-state index in [1.54, 1.807) is 0 Å². The Labute approximate surface area is 100 Å². The highest BCUT2D eigenvalue weighted by Crippen LogP contribution is 2.29. The van der Waals surface area contributed by atoms with Gasteiger partial charge in [-0.05, 0) is 11.1 Å². The quantitative estimate of drug-likeness (QED) is 0.471. The van der Waals surface area contributed by atoms with Crippen LogP contribution in [0.2, 0.25) is 0 Å². The second-order valence-corrected chi connectivity index (χ2v) is 5.48. The molecule has 0 bridgehead atoms. The summed E-state index contributed by atoms with van der Waals surface area (Å²) in [5.74, 6) is -0.377. The molecule has 1 unspecified atom stereocenters. The van der Waals surface area contributed by atoms with Gasteiger partial charge in [0.25, 0.3) is 10.1 Å². The Balaban J connectivity index is 1.80. The van der Waals surface area contributed by atoms with Gasteiger partial charge >= 0.3 is 0 Å². The van der Waals surface area contributed by atoms with Crippen LogP contribution in [0.3, 0.4) is 0 Å². The average molecular weight is 258 g/mol. The molecule has 1 aromatic rings. The van der Waals surface area contributed by atoms with Crippen LogP contribution in [0.15, 0.2) is 24.3 Å². The van der Waals surface area contributed by atoms with Gasteiger partial charge in [0, 0.05) is 0 Å². The van der Waals surface area contributed by atoms with Gasteiger partial charge in [0.05, 0.1) is 25.6 Å². The highest BCUT2D eigenvalue weighted by molar-refractivity contribution is 7.85. The predicted molar refractivity (Wildman–Crippen MR) is 61.2 cm³/mol. The Morgan fingerprint density at radius 2 is 2.24 bits per heavy atom. The third-order valence-corrected chi connectivity index (χ3v) is 3.09. The summed E-state index contributed by atoms with van der Waals surface area (Å²) in [4.78, 5) is 0. The first kappa shape index (κ1) is 12.5. The second-order valence-electron chi connectivity index (χ2n) is 3.91. The number of rotatable bonds is 6. The summed E-state index contributed by atoms with van der Waals surface area (Å²) in [6, 6.07) is 7.78. The minimum Gasteiger partial charge on any atom is -0.376 e. The number of epoxide rings is 1. The molecule has 5 nitrogen and oxygen atoms in total. The molecule has 1 aliphatic heterocycles. The van der Waals surface area contributed by atoms with Crippen LogP contribution >= 0.6 is 0 Å². The normalized spacial score (nSPS) is 19.2. The molecule has 0 aromatic heterocycles. The molecule has 0 amide bonds. The van der Waals surface area contributed by atoms with Crippen LogP contribution in [0.1, 0.15) is 17.2 Å². The Bertz CT molecular complexity index is 478. The smallest absolute Gasteiger partial charge is 0.267 e. The summed E-state index contributed by atoms with van der Waals surface area (Å²) in [6.45, 7) is 1.08. The van der Waals surface area contributed by atoms with E-state index in [1.165, 1.54) is 0 Å². The van der Waals surface area contributed by atoms with Crippen LogP contribution in [0, 0.1) is 0 Å². The molecule has 6 heteroatoms. The molecule has 0 saturated carbocycles. The lowest BCUT2D eigenvalue weighted by atomic mass is 10.1. The van der Waals surface area contributed by atoms with Gasteiger partial charge in [-0.3, -0.25) is 4.55 Å². The molecule has 1 atom stereocenters. The molecule has 1 heterocycles. The second kappa shape index (κ2) is 5.14. The summed E-state index contributed by atoms with van der Waals surface area (Å²) >= 11 is 0. The van der Waals surface area contributed by atoms with Crippen molar-refractivity contribution in [2.24, 2.45) is 0 Å². The molecule has 1 aliphatic rings. The first-order chi connectivity index (χ1) is 8.04. The monoisotopic (exact) mass is 258 g/mol. The third kappa shape index (κ3) is 4.43. The topological polar surface area (TPSA) is 76.1 Å². The summed E-state index contributed by atoms with van der Waals surface area (Å²) < 4.78 is 39.8. The lowest BCUT2D eigenvalue weighted by molar-refractivity contribution is 0.134. The summed E-state index contributed by atoms with van der Waals surface area (Å²) in [6.07, 6.45) is 0.202. The van der Waals surface area contributed by atoms with E-state index < -0.39 is 10.1 Å². The van der Waals surface area contributed by atoms with Gasteiger partial charge in [-0.25, -0.2) is 0 Å². The zero-order valence-corrected chi connectivity index (χ0v) is 10.0. The van der Waals surface area contributed by atoms with E-state index in [-0.39, 0.29) is 18.5 Å². The highest BCUT2D eigenvalue weighted by Gasteiger charge is 2.24. The Morgan fingerprint density at radius 1 is 1.47 bits per heavy atom. The standard InChI is InChI=1S/C11H14O5S/c12-17(13,14)5-4-15-7-9-2-1-3-10(6-9)11-8-16-11/h1-3,6,11H,4-5,7-8H2,(H,12,13,14). The van der Waals surface area contributed by atoms with Gasteiger partial charge in [0.15, 0.2) is 0 Å². The summed E-state index contributed by atoms with van der Waals surface area (Å²) in [5.41, 5.74) is 2.08. The zero-order chi connectivity index (χ0) is 12.3. The van der Waals surface area contributed by atoms with E-state index in [0.717, 1.165) is 17.7 Å². The molecule has 1 N–H and O–H groups in total. The van der Waals surface area contributed by atoms with Gasteiger partial charge in [0.1, 0.15) is 6.10 Å². The molecule has 0 spiro atoms. The van der Waals surface area contributed by atoms with Crippen LogP contribution in [0.25, 0.3) is 0 Å². The van der Waals surface area contributed by atoms with Gasteiger partial charge in [-0.15, -0.1) is 0 Å². The maximum Gasteiger partial charge on any atom is 0.267 e. The molecule has 0 aliphatic carbocycles. The Hall–Kier alpha value is -0.950. The molecule has 0 radical (unpaired) electrons. The van der Waals surface area contributed by atoms with Gasteiger partial charge in [-0.1, -0.05) is 24.3 Å². The Kier molecular flexibility index (Phi) is 3.78. The van der Waals surface area contributed by atoms with Crippen LogP contribution < -0.4 is 0 Å². The van der Waals surface area contributed by atoms with Crippen LogP contribution in [-0.4, -0.2) is 31.9 Å². The van der Waals surface area contributed by atoms with E-state index in [0.29, 0.717) is 6.61 Å². The van der Waals surface area contributed by atoms with Gasteiger partial charge in [-0.2, -0.15) is 8.42 Å². The summed E-state index contributed by atoms with van der Waals surface area (Å²) in [7, 11) is -3.94. The number of hydrogen-bond donors (Lipinski definition) is 1. The fraction of sp³-hybridized carbons (Fsp3) is 0.455. The van der Waals surface area contributed by atoms with E-state index in [1.807, 2.05) is 24.3 Å². The lowest BCUT2D eigenvalue weighted by Crippen LogP contribution is -2.10. The van der Waals surface area contributed by atoms with Crippen molar-refractivity contribution in [2.45, 2.75) is 12.7 Å². The molecule has 1 fully saturated rings. The van der Waals surface area contributed by atoms with Gasteiger partial charge < -0.3 is 9.47 Å². The SMILES string of the molecule is O=S(=O)(O)CCOCc1cccc(C2CO2)c1. The largest absolute Gasteiger partial charge is 0.376 e. The molecule has 1 saturated heterocycles. The summed E-state index contributed by atoms with van der Waals surface area (Å²) in [5, 5.41) is 0. The number of benzene rings is 1. The van der Waals surface area contributed by atoms with Crippen molar-refractivity contribution in [1.29, 1.82) is 0 Å². The van der Waals surface area contributed by atoms with Crippen LogP contribution in [0.5, 0.6) is 0 Å². The van der Waals surface area contributed by atoms with Gasteiger partial charge in [0.2, 0.25) is 0 Å². The fourth-order valence-electron chi connectivity index (χ4n) is 1.48. The van der Waals surface area contributed by atoms with Crippen molar-refractivity contribution in [3.8, 4) is 0 Å². The highest BCUT2D eigenvalue weighted by atomic mass is 32.2. The van der Waals surface area contributed by atoms with E-state index in [9.17, 15) is 8.42 Å². The van der Waals surface area contributed by atoms with Crippen molar-refractivity contribution in [3.63, 3.8) is 0 Å². The van der Waals surface area contributed by atoms with Crippen molar-refractivity contribution < 1.29 is 22.4 Å². The van der Waals surface area contributed by atoms with Crippen molar-refractivity contribution in [2.75, 3.05) is 19.0 Å². The molecular formula is C11H14O5S. The molecular weight excluding hydrogens is 244 g/mol. The van der Waals surface area contributed by atoms with E-state index >= 15 is 0 Å². The minimum atomic E-state index is -3.94. The van der Waals surface area contributed by atoms with Crippen molar-refractivity contribution in [3.05, 3.63) is 35.4 Å². The fourth-order valence-corrected chi connectivity index (χ4v) is 1.81. The zero-order valence-electron chi connectivity index (χ0n) is 9.20. The first-order valence-corrected chi connectivity index (χ1v) is 6.89. The minimum absolute atomic E-state index is 0.0109. The van der Waals surface area contributed by atoms with Crippen LogP contribution in [0.4, 0.5) is 0 Å². The van der Waals surface area contributed by atoms with Crippen molar-refractivity contribution in [1.82, 2.24) is 0 Å². The van der Waals surface area contributed by atoms with Crippen LogP contribution in [-0.2, 0) is 26.2 Å². The predicted octanol–water partition coefficient (Wildman–Crippen LogP) is 1.16. The number of hydrogen-bond acceptors (Lipinski definition) is 4. The first-order valence-electron chi connectivity index (χ1n) is 5.28. The maximum atomic E-state index is 10.5. The molecule has 94 valence electrons. The lowest BCUT2D eigenvalue weighted by Gasteiger charge is -2.04.